The zero-order valence-electron chi connectivity index (χ0n) is 14.8. The van der Waals surface area contributed by atoms with E-state index in [0.717, 1.165) is 43.7 Å². The highest BCUT2D eigenvalue weighted by Gasteiger charge is 2.31. The maximum absolute atomic E-state index is 12.8. The van der Waals surface area contributed by atoms with Gasteiger partial charge < -0.3 is 15.2 Å². The Labute approximate surface area is 152 Å². The topological polar surface area (TPSA) is 76.0 Å². The van der Waals surface area contributed by atoms with Gasteiger partial charge in [0.25, 0.3) is 11.5 Å². The minimum atomic E-state index is -0.278. The molecule has 4 heterocycles. The van der Waals surface area contributed by atoms with E-state index < -0.39 is 0 Å². The van der Waals surface area contributed by atoms with Gasteiger partial charge in [-0.05, 0) is 56.0 Å². The summed E-state index contributed by atoms with van der Waals surface area (Å²) in [5.74, 6) is 0.585. The third kappa shape index (κ3) is 3.42. The number of aromatic nitrogens is 2. The molecule has 4 rings (SSSR count). The predicted octanol–water partition coefficient (Wildman–Crippen LogP) is 1.31. The van der Waals surface area contributed by atoms with Gasteiger partial charge in [-0.2, -0.15) is 0 Å². The van der Waals surface area contributed by atoms with Crippen LogP contribution in [0, 0.1) is 5.92 Å². The number of hydrogen-bond donors (Lipinski definition) is 2. The van der Waals surface area contributed by atoms with E-state index in [1.165, 1.54) is 0 Å². The van der Waals surface area contributed by atoms with E-state index in [0.29, 0.717) is 24.9 Å². The van der Waals surface area contributed by atoms with Gasteiger partial charge in [0.15, 0.2) is 0 Å². The molecule has 6 nitrogen and oxygen atoms in total. The monoisotopic (exact) mass is 352 g/mol. The van der Waals surface area contributed by atoms with Crippen LogP contribution < -0.4 is 16.2 Å². The number of amides is 1. The van der Waals surface area contributed by atoms with Crippen LogP contribution in [0.3, 0.4) is 0 Å². The zero-order valence-corrected chi connectivity index (χ0v) is 14.8. The van der Waals surface area contributed by atoms with E-state index in [1.807, 2.05) is 28.8 Å². The van der Waals surface area contributed by atoms with Crippen molar-refractivity contribution >= 4 is 5.91 Å². The average molecular weight is 352 g/mol. The Morgan fingerprint density at radius 3 is 3.04 bits per heavy atom. The highest BCUT2D eigenvalue weighted by molar-refractivity contribution is 5.93. The molecular weight excluding hydrogens is 328 g/mol. The van der Waals surface area contributed by atoms with E-state index in [9.17, 15) is 9.59 Å². The summed E-state index contributed by atoms with van der Waals surface area (Å²) in [6.07, 6.45) is 4.50. The zero-order chi connectivity index (χ0) is 17.9. The SMILES string of the molecule is O=C(NCCCc1ccccn1)c1ccc2n(c1=O)C[C@@H]1CNC[C@H]2C1. The lowest BCUT2D eigenvalue weighted by Crippen LogP contribution is -2.46. The van der Waals surface area contributed by atoms with Crippen molar-refractivity contribution in [2.45, 2.75) is 31.7 Å². The van der Waals surface area contributed by atoms with Gasteiger partial charge in [-0.3, -0.25) is 14.6 Å². The van der Waals surface area contributed by atoms with Crippen molar-refractivity contribution in [3.8, 4) is 0 Å². The van der Waals surface area contributed by atoms with Crippen LogP contribution in [0.25, 0.3) is 0 Å². The molecule has 0 aliphatic carbocycles. The first kappa shape index (κ1) is 17.0. The maximum Gasteiger partial charge on any atom is 0.263 e. The maximum atomic E-state index is 12.8. The number of carbonyl (C=O) groups excluding carboxylic acids is 1. The normalized spacial score (nSPS) is 21.1. The van der Waals surface area contributed by atoms with Gasteiger partial charge in [0, 0.05) is 43.1 Å². The number of nitrogens with zero attached hydrogens (tertiary/aromatic N) is 2. The number of carbonyl (C=O) groups is 1. The fourth-order valence-electron chi connectivity index (χ4n) is 4.08. The fourth-order valence-corrected chi connectivity index (χ4v) is 4.08. The van der Waals surface area contributed by atoms with Gasteiger partial charge in [0.05, 0.1) is 0 Å². The molecule has 2 aromatic heterocycles. The third-order valence-corrected chi connectivity index (χ3v) is 5.37. The second kappa shape index (κ2) is 7.41. The van der Waals surface area contributed by atoms with E-state index in [1.54, 1.807) is 12.3 Å². The second-order valence-electron chi connectivity index (χ2n) is 7.23. The van der Waals surface area contributed by atoms with Crippen LogP contribution in [-0.2, 0) is 13.0 Å². The molecule has 0 saturated carbocycles. The molecule has 0 spiro atoms. The quantitative estimate of drug-likeness (QED) is 0.796. The molecule has 0 unspecified atom stereocenters. The molecule has 2 N–H and O–H groups in total. The lowest BCUT2D eigenvalue weighted by atomic mass is 9.84. The fraction of sp³-hybridized carbons (Fsp3) is 0.450. The van der Waals surface area contributed by atoms with Crippen LogP contribution >= 0.6 is 0 Å². The van der Waals surface area contributed by atoms with Crippen molar-refractivity contribution in [3.05, 3.63) is 63.8 Å². The van der Waals surface area contributed by atoms with Crippen molar-refractivity contribution in [1.82, 2.24) is 20.2 Å². The Kier molecular flexibility index (Phi) is 4.84. The number of fused-ring (bicyclic) bond motifs is 4. The van der Waals surface area contributed by atoms with Crippen molar-refractivity contribution in [2.24, 2.45) is 5.92 Å². The summed E-state index contributed by atoms with van der Waals surface area (Å²) in [5, 5.41) is 6.31. The summed E-state index contributed by atoms with van der Waals surface area (Å²) in [5.41, 5.74) is 2.17. The first-order chi connectivity index (χ1) is 12.7. The molecule has 2 aromatic rings. The van der Waals surface area contributed by atoms with Gasteiger partial charge in [-0.1, -0.05) is 6.07 Å². The van der Waals surface area contributed by atoms with Gasteiger partial charge in [-0.15, -0.1) is 0 Å². The first-order valence-corrected chi connectivity index (χ1v) is 9.35. The standard InChI is InChI=1S/C20H24N4O2/c25-19(23-9-3-5-16-4-1-2-8-22-16)17-6-7-18-15-10-14(11-21-12-15)13-24(18)20(17)26/h1-2,4,6-8,14-15,21H,3,5,9-13H2,(H,23,25)/t14-,15+/m0/s1. The Morgan fingerprint density at radius 1 is 1.27 bits per heavy atom. The van der Waals surface area contributed by atoms with Crippen LogP contribution in [0.4, 0.5) is 0 Å². The number of hydrogen-bond acceptors (Lipinski definition) is 4. The molecule has 2 atom stereocenters. The van der Waals surface area contributed by atoms with E-state index in [2.05, 4.69) is 15.6 Å². The lowest BCUT2D eigenvalue weighted by Gasteiger charge is -2.37. The molecule has 0 aromatic carbocycles. The molecule has 6 heteroatoms. The van der Waals surface area contributed by atoms with E-state index in [4.69, 9.17) is 0 Å². The Bertz CT molecular complexity index is 847. The second-order valence-corrected chi connectivity index (χ2v) is 7.23. The van der Waals surface area contributed by atoms with Crippen LogP contribution in [-0.4, -0.2) is 35.1 Å². The lowest BCUT2D eigenvalue weighted by molar-refractivity contribution is 0.0950. The smallest absolute Gasteiger partial charge is 0.263 e. The number of rotatable bonds is 5. The van der Waals surface area contributed by atoms with Crippen LogP contribution in [0.2, 0.25) is 0 Å². The van der Waals surface area contributed by atoms with Crippen LogP contribution in [0.1, 0.15) is 40.5 Å². The highest BCUT2D eigenvalue weighted by Crippen LogP contribution is 2.31. The summed E-state index contributed by atoms with van der Waals surface area (Å²) in [7, 11) is 0. The van der Waals surface area contributed by atoms with Gasteiger partial charge >= 0.3 is 0 Å². The minimum Gasteiger partial charge on any atom is -0.352 e. The summed E-state index contributed by atoms with van der Waals surface area (Å²) >= 11 is 0. The molecule has 26 heavy (non-hydrogen) atoms. The largest absolute Gasteiger partial charge is 0.352 e. The van der Waals surface area contributed by atoms with Gasteiger partial charge in [0.2, 0.25) is 0 Å². The molecule has 136 valence electrons. The van der Waals surface area contributed by atoms with Crippen LogP contribution in [0.5, 0.6) is 0 Å². The summed E-state index contributed by atoms with van der Waals surface area (Å²) in [4.78, 5) is 29.5. The molecule has 1 amide bonds. The van der Waals surface area contributed by atoms with Crippen molar-refractivity contribution < 1.29 is 4.79 Å². The molecule has 1 fully saturated rings. The summed E-state index contributed by atoms with van der Waals surface area (Å²) in [6, 6.07) is 9.47. The number of nitrogens with one attached hydrogen (secondary N) is 2. The molecule has 2 aliphatic heterocycles. The molecule has 1 saturated heterocycles. The number of pyridine rings is 2. The predicted molar refractivity (Wildman–Crippen MR) is 99.3 cm³/mol. The summed E-state index contributed by atoms with van der Waals surface area (Å²) < 4.78 is 1.82. The van der Waals surface area contributed by atoms with Gasteiger partial charge in [0.1, 0.15) is 5.56 Å². The molecule has 2 bridgehead atoms. The van der Waals surface area contributed by atoms with Gasteiger partial charge in [-0.25, -0.2) is 0 Å². The number of aryl methyl sites for hydroxylation is 1. The number of piperidine rings is 1. The third-order valence-electron chi connectivity index (χ3n) is 5.37. The van der Waals surface area contributed by atoms with E-state index >= 15 is 0 Å². The molecule has 2 aliphatic rings. The Hall–Kier alpha value is -2.47. The minimum absolute atomic E-state index is 0.152. The van der Waals surface area contributed by atoms with Crippen molar-refractivity contribution in [3.63, 3.8) is 0 Å². The van der Waals surface area contributed by atoms with E-state index in [-0.39, 0.29) is 17.0 Å². The van der Waals surface area contributed by atoms with Crippen LogP contribution in [0.15, 0.2) is 41.3 Å². The van der Waals surface area contributed by atoms with Crippen molar-refractivity contribution in [1.29, 1.82) is 0 Å². The first-order valence-electron chi connectivity index (χ1n) is 9.35. The Morgan fingerprint density at radius 2 is 2.19 bits per heavy atom. The van der Waals surface area contributed by atoms with Crippen molar-refractivity contribution in [2.75, 3.05) is 19.6 Å². The highest BCUT2D eigenvalue weighted by atomic mass is 16.2. The summed E-state index contributed by atoms with van der Waals surface area (Å²) in [6.45, 7) is 3.10. The molecule has 0 radical (unpaired) electrons. The average Bonchev–Trinajstić information content (AvgIpc) is 2.67. The molecular formula is C20H24N4O2. The Balaban J connectivity index is 1.41.